The first kappa shape index (κ1) is 17.0. The number of benzene rings is 1. The second kappa shape index (κ2) is 6.59. The first-order chi connectivity index (χ1) is 11.4. The summed E-state index contributed by atoms with van der Waals surface area (Å²) in [5, 5.41) is 1.11. The Morgan fingerprint density at radius 3 is 2.50 bits per heavy atom. The number of thiazole rings is 1. The van der Waals surface area contributed by atoms with Gasteiger partial charge in [0.05, 0.1) is 10.2 Å². The van der Waals surface area contributed by atoms with Crippen LogP contribution in [0.4, 0.5) is 9.93 Å². The number of fused-ring (bicyclic) bond motifs is 1. The van der Waals surface area contributed by atoms with E-state index in [1.807, 2.05) is 11.9 Å². The number of amides is 2. The monoisotopic (exact) mass is 346 g/mol. The Balaban J connectivity index is 1.71. The van der Waals surface area contributed by atoms with Gasteiger partial charge in [0, 0.05) is 40.3 Å². The molecule has 1 saturated heterocycles. The molecule has 0 spiro atoms. The van der Waals surface area contributed by atoms with Crippen molar-refractivity contribution in [2.75, 3.05) is 39.1 Å². The number of hydrogen-bond donors (Lipinski definition) is 0. The Bertz CT molecular complexity index is 747. The Morgan fingerprint density at radius 1 is 1.21 bits per heavy atom. The van der Waals surface area contributed by atoms with E-state index in [2.05, 4.69) is 30.9 Å². The molecule has 1 fully saturated rings. The number of urea groups is 1. The number of aromatic nitrogens is 1. The van der Waals surface area contributed by atoms with E-state index in [1.165, 1.54) is 15.8 Å². The van der Waals surface area contributed by atoms with Gasteiger partial charge in [-0.1, -0.05) is 17.4 Å². The molecule has 0 bridgehead atoms. The van der Waals surface area contributed by atoms with Crippen LogP contribution < -0.4 is 4.90 Å². The predicted molar refractivity (Wildman–Crippen MR) is 101 cm³/mol. The van der Waals surface area contributed by atoms with Crippen molar-refractivity contribution in [1.29, 1.82) is 0 Å². The molecule has 2 amide bonds. The van der Waals surface area contributed by atoms with E-state index in [9.17, 15) is 4.79 Å². The van der Waals surface area contributed by atoms with Gasteiger partial charge in [-0.3, -0.25) is 0 Å². The van der Waals surface area contributed by atoms with Crippen molar-refractivity contribution < 1.29 is 4.79 Å². The third-order valence-electron chi connectivity index (χ3n) is 4.79. The molecule has 1 aliphatic heterocycles. The summed E-state index contributed by atoms with van der Waals surface area (Å²) in [4.78, 5) is 22.9. The minimum atomic E-state index is 0.0829. The van der Waals surface area contributed by atoms with Crippen LogP contribution in [0.1, 0.15) is 24.0 Å². The highest BCUT2D eigenvalue weighted by Gasteiger charge is 2.27. The summed E-state index contributed by atoms with van der Waals surface area (Å²) in [6.45, 7) is 6.17. The minimum absolute atomic E-state index is 0.0829. The molecule has 3 rings (SSSR count). The Labute approximate surface area is 147 Å². The van der Waals surface area contributed by atoms with E-state index in [-0.39, 0.29) is 6.03 Å². The Hall–Kier alpha value is -1.82. The normalized spacial score (nSPS) is 15.8. The summed E-state index contributed by atoms with van der Waals surface area (Å²) >= 11 is 1.78. The van der Waals surface area contributed by atoms with Crippen LogP contribution in [0.5, 0.6) is 0 Å². The number of rotatable bonds is 2. The van der Waals surface area contributed by atoms with Crippen LogP contribution in [0.15, 0.2) is 12.1 Å². The number of carbonyl (C=O) groups is 1. The van der Waals surface area contributed by atoms with E-state index in [0.717, 1.165) is 36.6 Å². The van der Waals surface area contributed by atoms with E-state index in [1.54, 1.807) is 30.3 Å². The lowest BCUT2D eigenvalue weighted by atomic mass is 10.0. The Kier molecular flexibility index (Phi) is 4.67. The lowest BCUT2D eigenvalue weighted by Crippen LogP contribution is -2.48. The van der Waals surface area contributed by atoms with Crippen molar-refractivity contribution in [2.45, 2.75) is 32.7 Å². The molecule has 1 aromatic heterocycles. The van der Waals surface area contributed by atoms with Gasteiger partial charge in [-0.05, 0) is 43.9 Å². The van der Waals surface area contributed by atoms with E-state index >= 15 is 0 Å². The van der Waals surface area contributed by atoms with Crippen molar-refractivity contribution in [3.8, 4) is 0 Å². The lowest BCUT2D eigenvalue weighted by Gasteiger charge is -2.37. The average Bonchev–Trinajstić information content (AvgIpc) is 2.97. The average molecular weight is 347 g/mol. The molecule has 130 valence electrons. The fourth-order valence-corrected chi connectivity index (χ4v) is 4.60. The molecule has 2 aromatic rings. The summed E-state index contributed by atoms with van der Waals surface area (Å²) in [6, 6.07) is 4.81. The Morgan fingerprint density at radius 2 is 1.88 bits per heavy atom. The molecular weight excluding hydrogens is 320 g/mol. The third kappa shape index (κ3) is 3.20. The van der Waals surface area contributed by atoms with Gasteiger partial charge in [-0.15, -0.1) is 0 Å². The predicted octanol–water partition coefficient (Wildman–Crippen LogP) is 3.50. The van der Waals surface area contributed by atoms with E-state index in [4.69, 9.17) is 4.98 Å². The summed E-state index contributed by atoms with van der Waals surface area (Å²) in [5.41, 5.74) is 3.67. The maximum Gasteiger partial charge on any atom is 0.319 e. The third-order valence-corrected chi connectivity index (χ3v) is 5.85. The summed E-state index contributed by atoms with van der Waals surface area (Å²) in [5.74, 6) is 0. The molecule has 0 atom stereocenters. The number of nitrogens with zero attached hydrogens (tertiary/aromatic N) is 4. The first-order valence-corrected chi connectivity index (χ1v) is 9.25. The SMILES string of the molecule is Cc1cc(C)c2nc(N3CCC(N(C)C(=O)N(C)C)CC3)sc2c1. The lowest BCUT2D eigenvalue weighted by molar-refractivity contribution is 0.155. The molecule has 1 aliphatic rings. The summed E-state index contributed by atoms with van der Waals surface area (Å²) in [6.07, 6.45) is 1.98. The standard InChI is InChI=1S/C18H26N4OS/c1-12-10-13(2)16-15(11-12)24-17(19-16)22-8-6-14(7-9-22)21(5)18(23)20(3)4/h10-11,14H,6-9H2,1-5H3. The van der Waals surface area contributed by atoms with Gasteiger partial charge in [-0.2, -0.15) is 0 Å². The van der Waals surface area contributed by atoms with Gasteiger partial charge < -0.3 is 14.7 Å². The number of hydrogen-bond acceptors (Lipinski definition) is 4. The van der Waals surface area contributed by atoms with Crippen molar-refractivity contribution in [3.05, 3.63) is 23.3 Å². The summed E-state index contributed by atoms with van der Waals surface area (Å²) in [7, 11) is 5.52. The molecule has 0 N–H and O–H groups in total. The van der Waals surface area contributed by atoms with Gasteiger partial charge in [-0.25, -0.2) is 9.78 Å². The van der Waals surface area contributed by atoms with Crippen LogP contribution in [-0.2, 0) is 0 Å². The quantitative estimate of drug-likeness (QED) is 0.835. The second-order valence-corrected chi connectivity index (χ2v) is 7.94. The molecule has 24 heavy (non-hydrogen) atoms. The molecule has 0 unspecified atom stereocenters. The smallest absolute Gasteiger partial charge is 0.319 e. The number of piperidine rings is 1. The highest BCUT2D eigenvalue weighted by molar-refractivity contribution is 7.22. The van der Waals surface area contributed by atoms with Gasteiger partial charge >= 0.3 is 6.03 Å². The van der Waals surface area contributed by atoms with Gasteiger partial charge in [0.25, 0.3) is 0 Å². The zero-order valence-electron chi connectivity index (χ0n) is 15.2. The van der Waals surface area contributed by atoms with Gasteiger partial charge in [0.2, 0.25) is 0 Å². The van der Waals surface area contributed by atoms with Crippen LogP contribution in [0.2, 0.25) is 0 Å². The number of aryl methyl sites for hydroxylation is 2. The van der Waals surface area contributed by atoms with Crippen LogP contribution in [0.3, 0.4) is 0 Å². The van der Waals surface area contributed by atoms with Crippen molar-refractivity contribution in [3.63, 3.8) is 0 Å². The summed E-state index contributed by atoms with van der Waals surface area (Å²) < 4.78 is 1.27. The zero-order valence-corrected chi connectivity index (χ0v) is 16.0. The van der Waals surface area contributed by atoms with Gasteiger partial charge in [0.15, 0.2) is 5.13 Å². The van der Waals surface area contributed by atoms with Crippen LogP contribution in [0, 0.1) is 13.8 Å². The highest BCUT2D eigenvalue weighted by Crippen LogP contribution is 2.33. The molecule has 6 heteroatoms. The first-order valence-electron chi connectivity index (χ1n) is 8.43. The zero-order chi connectivity index (χ0) is 17.4. The van der Waals surface area contributed by atoms with E-state index in [0.29, 0.717) is 6.04 Å². The maximum atomic E-state index is 12.1. The molecule has 1 aromatic carbocycles. The number of anilines is 1. The fraction of sp³-hybridized carbons (Fsp3) is 0.556. The van der Waals surface area contributed by atoms with Crippen LogP contribution in [-0.4, -0.2) is 61.1 Å². The molecule has 0 radical (unpaired) electrons. The molecule has 0 saturated carbocycles. The van der Waals surface area contributed by atoms with Crippen LogP contribution >= 0.6 is 11.3 Å². The second-order valence-electron chi connectivity index (χ2n) is 6.93. The maximum absolute atomic E-state index is 12.1. The fourth-order valence-electron chi connectivity index (χ4n) is 3.41. The molecule has 0 aliphatic carbocycles. The molecule has 5 nitrogen and oxygen atoms in total. The van der Waals surface area contributed by atoms with Crippen molar-refractivity contribution in [1.82, 2.24) is 14.8 Å². The largest absolute Gasteiger partial charge is 0.348 e. The highest BCUT2D eigenvalue weighted by atomic mass is 32.1. The molecular formula is C18H26N4OS. The van der Waals surface area contributed by atoms with Crippen molar-refractivity contribution in [2.24, 2.45) is 0 Å². The molecule has 2 heterocycles. The van der Waals surface area contributed by atoms with Crippen LogP contribution in [0.25, 0.3) is 10.2 Å². The minimum Gasteiger partial charge on any atom is -0.348 e. The topological polar surface area (TPSA) is 39.7 Å². The van der Waals surface area contributed by atoms with E-state index < -0.39 is 0 Å². The van der Waals surface area contributed by atoms with Crippen molar-refractivity contribution >= 4 is 32.7 Å². The van der Waals surface area contributed by atoms with Gasteiger partial charge in [0.1, 0.15) is 0 Å². The number of carbonyl (C=O) groups excluding carboxylic acids is 1.